The zero-order valence-corrected chi connectivity index (χ0v) is 10.9. The highest BCUT2D eigenvalue weighted by atomic mass is 35.5. The van der Waals surface area contributed by atoms with E-state index in [4.69, 9.17) is 22.5 Å². The van der Waals surface area contributed by atoms with Crippen LogP contribution >= 0.6 is 11.6 Å². The summed E-state index contributed by atoms with van der Waals surface area (Å²) in [5, 5.41) is 14.5. The molecule has 0 atom stereocenters. The van der Waals surface area contributed by atoms with Crippen LogP contribution in [0, 0.1) is 0 Å². The molecule has 6 heteroatoms. The van der Waals surface area contributed by atoms with Gasteiger partial charge >= 0.3 is 0 Å². The van der Waals surface area contributed by atoms with Crippen molar-refractivity contribution in [2.75, 3.05) is 5.32 Å². The minimum Gasteiger partial charge on any atom is -0.409 e. The summed E-state index contributed by atoms with van der Waals surface area (Å²) in [4.78, 5) is 11.5. The number of carbonyl (C=O) groups excluding carboxylic acids is 1. The molecule has 0 aliphatic rings. The summed E-state index contributed by atoms with van der Waals surface area (Å²) in [6.45, 7) is 2.02. The fourth-order valence-corrected chi connectivity index (χ4v) is 1.61. The minimum absolute atomic E-state index is 0.0271. The maximum atomic E-state index is 11.5. The molecule has 1 rings (SSSR count). The number of unbranched alkanes of at least 4 members (excludes halogenated alkanes) is 1. The van der Waals surface area contributed by atoms with E-state index in [9.17, 15) is 4.79 Å². The number of hydrogen-bond acceptors (Lipinski definition) is 3. The molecule has 0 aliphatic heterocycles. The van der Waals surface area contributed by atoms with E-state index in [0.717, 1.165) is 12.8 Å². The van der Waals surface area contributed by atoms with Gasteiger partial charge in [-0.2, -0.15) is 0 Å². The number of nitrogens with two attached hydrogens (primary N) is 1. The smallest absolute Gasteiger partial charge is 0.224 e. The number of hydrogen-bond donors (Lipinski definition) is 3. The molecule has 1 aromatic rings. The highest BCUT2D eigenvalue weighted by Crippen LogP contribution is 2.23. The van der Waals surface area contributed by atoms with E-state index in [-0.39, 0.29) is 11.7 Å². The summed E-state index contributed by atoms with van der Waals surface area (Å²) in [5.74, 6) is -0.101. The molecule has 1 amide bonds. The Labute approximate surface area is 111 Å². The predicted octanol–water partition coefficient (Wildman–Crippen LogP) is 2.56. The maximum Gasteiger partial charge on any atom is 0.224 e. The number of amidine groups is 1. The van der Waals surface area contributed by atoms with Gasteiger partial charge in [-0.15, -0.1) is 0 Å². The molecular weight excluding hydrogens is 254 g/mol. The molecule has 0 saturated carbocycles. The van der Waals surface area contributed by atoms with Crippen molar-refractivity contribution in [3.63, 3.8) is 0 Å². The fourth-order valence-electron chi connectivity index (χ4n) is 1.38. The van der Waals surface area contributed by atoms with E-state index in [1.807, 2.05) is 6.92 Å². The highest BCUT2D eigenvalue weighted by Gasteiger charge is 2.07. The molecule has 0 fully saturated rings. The number of nitrogens with zero attached hydrogens (tertiary/aromatic N) is 1. The molecule has 0 radical (unpaired) electrons. The van der Waals surface area contributed by atoms with E-state index in [2.05, 4.69) is 10.5 Å². The van der Waals surface area contributed by atoms with Gasteiger partial charge in [0.1, 0.15) is 0 Å². The zero-order chi connectivity index (χ0) is 13.5. The number of amides is 1. The van der Waals surface area contributed by atoms with Gasteiger partial charge in [0.05, 0.1) is 10.7 Å². The van der Waals surface area contributed by atoms with E-state index < -0.39 is 0 Å². The Hall–Kier alpha value is -1.75. The van der Waals surface area contributed by atoms with Crippen LogP contribution in [0.2, 0.25) is 5.02 Å². The molecule has 0 aromatic heterocycles. The van der Waals surface area contributed by atoms with Crippen molar-refractivity contribution in [2.45, 2.75) is 26.2 Å². The third kappa shape index (κ3) is 3.92. The Morgan fingerprint density at radius 3 is 2.83 bits per heavy atom. The van der Waals surface area contributed by atoms with Gasteiger partial charge in [-0.25, -0.2) is 0 Å². The first-order chi connectivity index (χ1) is 8.58. The van der Waals surface area contributed by atoms with Crippen molar-refractivity contribution in [3.05, 3.63) is 28.8 Å². The van der Waals surface area contributed by atoms with Gasteiger partial charge < -0.3 is 16.3 Å². The van der Waals surface area contributed by atoms with Gasteiger partial charge in [-0.1, -0.05) is 30.1 Å². The fraction of sp³-hybridized carbons (Fsp3) is 0.333. The summed E-state index contributed by atoms with van der Waals surface area (Å²) < 4.78 is 0. The van der Waals surface area contributed by atoms with Gasteiger partial charge in [-0.05, 0) is 24.6 Å². The standard InChI is InChI=1S/C12H16ClN3O2/c1-2-3-4-11(17)15-10-6-5-8(7-9(10)13)12(14)16-18/h5-7,18H,2-4H2,1H3,(H2,14,16)(H,15,17). The second kappa shape index (κ2) is 6.86. The lowest BCUT2D eigenvalue weighted by molar-refractivity contribution is -0.116. The first-order valence-electron chi connectivity index (χ1n) is 5.65. The van der Waals surface area contributed by atoms with Crippen LogP contribution in [0.5, 0.6) is 0 Å². The lowest BCUT2D eigenvalue weighted by atomic mass is 10.2. The SMILES string of the molecule is CCCCC(=O)Nc1ccc(/C(N)=N/O)cc1Cl. The van der Waals surface area contributed by atoms with Crippen LogP contribution in [-0.4, -0.2) is 17.0 Å². The van der Waals surface area contributed by atoms with Crippen LogP contribution < -0.4 is 11.1 Å². The largest absolute Gasteiger partial charge is 0.409 e. The quantitative estimate of drug-likeness (QED) is 0.332. The second-order valence-electron chi connectivity index (χ2n) is 3.83. The number of halogens is 1. The second-order valence-corrected chi connectivity index (χ2v) is 4.24. The molecule has 18 heavy (non-hydrogen) atoms. The minimum atomic E-state index is -0.0738. The van der Waals surface area contributed by atoms with Crippen molar-refractivity contribution < 1.29 is 10.0 Å². The van der Waals surface area contributed by atoms with E-state index in [1.54, 1.807) is 12.1 Å². The van der Waals surface area contributed by atoms with Crippen molar-refractivity contribution in [1.82, 2.24) is 0 Å². The van der Waals surface area contributed by atoms with Crippen LogP contribution in [0.15, 0.2) is 23.4 Å². The normalized spacial score (nSPS) is 11.3. The van der Waals surface area contributed by atoms with Crippen LogP contribution in [0.4, 0.5) is 5.69 Å². The van der Waals surface area contributed by atoms with Gasteiger partial charge in [-0.3, -0.25) is 4.79 Å². The molecule has 98 valence electrons. The van der Waals surface area contributed by atoms with Crippen LogP contribution in [-0.2, 0) is 4.79 Å². The molecular formula is C12H16ClN3O2. The van der Waals surface area contributed by atoms with Gasteiger partial charge in [0.25, 0.3) is 0 Å². The molecule has 0 spiro atoms. The first kappa shape index (κ1) is 14.3. The van der Waals surface area contributed by atoms with Gasteiger partial charge in [0.15, 0.2) is 5.84 Å². The summed E-state index contributed by atoms with van der Waals surface area (Å²) in [6, 6.07) is 4.78. The maximum absolute atomic E-state index is 11.5. The third-order valence-corrected chi connectivity index (χ3v) is 2.72. The summed E-state index contributed by atoms with van der Waals surface area (Å²) in [5.41, 5.74) is 6.45. The van der Waals surface area contributed by atoms with Crippen LogP contribution in [0.25, 0.3) is 0 Å². The Balaban J connectivity index is 2.77. The van der Waals surface area contributed by atoms with Crippen molar-refractivity contribution in [2.24, 2.45) is 10.9 Å². The van der Waals surface area contributed by atoms with Gasteiger partial charge in [0, 0.05) is 12.0 Å². The lowest BCUT2D eigenvalue weighted by Gasteiger charge is -2.08. The number of nitrogens with one attached hydrogen (secondary N) is 1. The Morgan fingerprint density at radius 2 is 2.28 bits per heavy atom. The highest BCUT2D eigenvalue weighted by molar-refractivity contribution is 6.34. The van der Waals surface area contributed by atoms with Crippen LogP contribution in [0.1, 0.15) is 31.7 Å². The zero-order valence-electron chi connectivity index (χ0n) is 10.1. The Morgan fingerprint density at radius 1 is 1.56 bits per heavy atom. The number of benzene rings is 1. The molecule has 0 aliphatic carbocycles. The molecule has 1 aromatic carbocycles. The van der Waals surface area contributed by atoms with E-state index in [1.165, 1.54) is 6.07 Å². The number of oxime groups is 1. The van der Waals surface area contributed by atoms with E-state index >= 15 is 0 Å². The van der Waals surface area contributed by atoms with Crippen molar-refractivity contribution >= 4 is 29.0 Å². The molecule has 0 heterocycles. The molecule has 4 N–H and O–H groups in total. The molecule has 0 unspecified atom stereocenters. The van der Waals surface area contributed by atoms with Gasteiger partial charge in [0.2, 0.25) is 5.91 Å². The topological polar surface area (TPSA) is 87.7 Å². The van der Waals surface area contributed by atoms with Crippen LogP contribution in [0.3, 0.4) is 0 Å². The number of carbonyl (C=O) groups is 1. The first-order valence-corrected chi connectivity index (χ1v) is 6.03. The summed E-state index contributed by atoms with van der Waals surface area (Å²) in [7, 11) is 0. The van der Waals surface area contributed by atoms with E-state index in [0.29, 0.717) is 22.7 Å². The predicted molar refractivity (Wildman–Crippen MR) is 72.1 cm³/mol. The number of rotatable bonds is 5. The number of anilines is 1. The average Bonchev–Trinajstić information content (AvgIpc) is 2.37. The summed E-state index contributed by atoms with van der Waals surface area (Å²) in [6.07, 6.45) is 2.27. The van der Waals surface area contributed by atoms with Crippen molar-refractivity contribution in [1.29, 1.82) is 0 Å². The third-order valence-electron chi connectivity index (χ3n) is 2.40. The Kier molecular flexibility index (Phi) is 5.45. The average molecular weight is 270 g/mol. The molecule has 0 bridgehead atoms. The monoisotopic (exact) mass is 269 g/mol. The lowest BCUT2D eigenvalue weighted by Crippen LogP contribution is -2.14. The molecule has 5 nitrogen and oxygen atoms in total. The Bertz CT molecular complexity index is 461. The van der Waals surface area contributed by atoms with Crippen molar-refractivity contribution in [3.8, 4) is 0 Å². The summed E-state index contributed by atoms with van der Waals surface area (Å²) >= 11 is 6.00. The molecule has 0 saturated heterocycles.